The minimum absolute atomic E-state index is 0.279. The first-order chi connectivity index (χ1) is 8.42. The van der Waals surface area contributed by atoms with Gasteiger partial charge in [0.2, 0.25) is 0 Å². The van der Waals surface area contributed by atoms with Crippen molar-refractivity contribution in [1.29, 1.82) is 0 Å². The van der Waals surface area contributed by atoms with Gasteiger partial charge in [0.05, 0.1) is 0 Å². The van der Waals surface area contributed by atoms with E-state index in [4.69, 9.17) is 9.47 Å². The van der Waals surface area contributed by atoms with Crippen molar-refractivity contribution in [1.82, 2.24) is 10.6 Å². The lowest BCUT2D eigenvalue weighted by Gasteiger charge is -2.30. The Morgan fingerprint density at radius 3 is 2.50 bits per heavy atom. The third-order valence-electron chi connectivity index (χ3n) is 3.07. The Bertz CT molecular complexity index is 257. The van der Waals surface area contributed by atoms with Crippen molar-refractivity contribution in [3.8, 4) is 0 Å². The van der Waals surface area contributed by atoms with Gasteiger partial charge in [-0.1, -0.05) is 0 Å². The highest BCUT2D eigenvalue weighted by Crippen LogP contribution is 2.18. The van der Waals surface area contributed by atoms with E-state index in [0.29, 0.717) is 12.5 Å². The molecule has 0 aromatic carbocycles. The number of amides is 1. The number of carbonyl (C=O) groups excluding carboxylic acids is 1. The highest BCUT2D eigenvalue weighted by atomic mass is 16.6. The molecule has 1 fully saturated rings. The summed E-state index contributed by atoms with van der Waals surface area (Å²) in [4.78, 5) is 11.6. The second-order valence-electron chi connectivity index (χ2n) is 5.73. The average molecular weight is 258 g/mol. The summed E-state index contributed by atoms with van der Waals surface area (Å²) in [5, 5.41) is 6.09. The molecule has 0 aliphatic carbocycles. The lowest BCUT2D eigenvalue weighted by atomic mass is 9.92. The third kappa shape index (κ3) is 5.69. The molecular weight excluding hydrogens is 232 g/mol. The molecular formula is C13H26N2O3. The van der Waals surface area contributed by atoms with E-state index in [9.17, 15) is 4.79 Å². The van der Waals surface area contributed by atoms with Gasteiger partial charge >= 0.3 is 6.09 Å². The first-order valence-corrected chi connectivity index (χ1v) is 6.64. The van der Waals surface area contributed by atoms with Crippen LogP contribution < -0.4 is 10.6 Å². The van der Waals surface area contributed by atoms with Gasteiger partial charge in [-0.05, 0) is 46.6 Å². The van der Waals surface area contributed by atoms with Gasteiger partial charge in [0.25, 0.3) is 0 Å². The van der Waals surface area contributed by atoms with Crippen LogP contribution in [0.2, 0.25) is 0 Å². The molecule has 106 valence electrons. The van der Waals surface area contributed by atoms with Crippen LogP contribution in [0.3, 0.4) is 0 Å². The van der Waals surface area contributed by atoms with Gasteiger partial charge in [-0.3, -0.25) is 0 Å². The third-order valence-corrected chi connectivity index (χ3v) is 3.07. The minimum Gasteiger partial charge on any atom is -0.444 e. The molecule has 1 saturated heterocycles. The number of ether oxygens (including phenoxy) is 2. The SMILES string of the molecule is CNC(CNC(=O)OC(C)(C)C)C1CCOCC1. The molecule has 1 amide bonds. The molecule has 0 aromatic heterocycles. The molecule has 0 spiro atoms. The second kappa shape index (κ2) is 6.95. The van der Waals surface area contributed by atoms with Gasteiger partial charge in [-0.2, -0.15) is 0 Å². The maximum absolute atomic E-state index is 11.6. The molecule has 0 bridgehead atoms. The number of rotatable bonds is 4. The Labute approximate surface area is 110 Å². The number of likely N-dealkylation sites (N-methyl/N-ethyl adjacent to an activating group) is 1. The molecule has 1 aliphatic heterocycles. The lowest BCUT2D eigenvalue weighted by Crippen LogP contribution is -2.46. The van der Waals surface area contributed by atoms with E-state index in [2.05, 4.69) is 10.6 Å². The van der Waals surface area contributed by atoms with Crippen molar-refractivity contribution < 1.29 is 14.3 Å². The predicted molar refractivity (Wildman–Crippen MR) is 70.6 cm³/mol. The van der Waals surface area contributed by atoms with Crippen molar-refractivity contribution in [2.24, 2.45) is 5.92 Å². The van der Waals surface area contributed by atoms with Crippen LogP contribution in [-0.2, 0) is 9.47 Å². The van der Waals surface area contributed by atoms with Crippen LogP contribution in [0.1, 0.15) is 33.6 Å². The molecule has 0 radical (unpaired) electrons. The van der Waals surface area contributed by atoms with E-state index in [1.807, 2.05) is 27.8 Å². The molecule has 1 rings (SSSR count). The topological polar surface area (TPSA) is 59.6 Å². The number of hydrogen-bond acceptors (Lipinski definition) is 4. The summed E-state index contributed by atoms with van der Waals surface area (Å²) in [6.07, 6.45) is 1.73. The number of nitrogens with one attached hydrogen (secondary N) is 2. The van der Waals surface area contributed by atoms with Gasteiger partial charge in [-0.15, -0.1) is 0 Å². The van der Waals surface area contributed by atoms with Crippen LogP contribution in [0, 0.1) is 5.92 Å². The molecule has 1 atom stereocenters. The molecule has 1 heterocycles. The van der Waals surface area contributed by atoms with Crippen LogP contribution in [-0.4, -0.2) is 44.5 Å². The zero-order valence-corrected chi connectivity index (χ0v) is 11.9. The first kappa shape index (κ1) is 15.2. The number of carbonyl (C=O) groups is 1. The summed E-state index contributed by atoms with van der Waals surface area (Å²) >= 11 is 0. The van der Waals surface area contributed by atoms with Gasteiger partial charge in [0.15, 0.2) is 0 Å². The maximum Gasteiger partial charge on any atom is 0.407 e. The Morgan fingerprint density at radius 1 is 1.39 bits per heavy atom. The standard InChI is InChI=1S/C13H26N2O3/c1-13(2,3)18-12(16)15-9-11(14-4)10-5-7-17-8-6-10/h10-11,14H,5-9H2,1-4H3,(H,15,16). The van der Waals surface area contributed by atoms with E-state index in [1.54, 1.807) is 0 Å². The Kier molecular flexibility index (Phi) is 5.88. The zero-order chi connectivity index (χ0) is 13.6. The largest absolute Gasteiger partial charge is 0.444 e. The molecule has 18 heavy (non-hydrogen) atoms. The fourth-order valence-electron chi connectivity index (χ4n) is 2.13. The highest BCUT2D eigenvalue weighted by molar-refractivity contribution is 5.67. The first-order valence-electron chi connectivity index (χ1n) is 6.64. The summed E-state index contributed by atoms with van der Waals surface area (Å²) in [5.41, 5.74) is -0.447. The molecule has 0 saturated carbocycles. The summed E-state index contributed by atoms with van der Waals surface area (Å²) in [6, 6.07) is 0.279. The summed E-state index contributed by atoms with van der Waals surface area (Å²) in [5.74, 6) is 0.554. The van der Waals surface area contributed by atoms with E-state index >= 15 is 0 Å². The predicted octanol–water partition coefficient (Wildman–Crippen LogP) is 1.53. The van der Waals surface area contributed by atoms with Crippen LogP contribution in [0.4, 0.5) is 4.79 Å². The normalized spacial score (nSPS) is 19.3. The van der Waals surface area contributed by atoms with Gasteiger partial charge in [-0.25, -0.2) is 4.79 Å². The summed E-state index contributed by atoms with van der Waals surface area (Å²) in [7, 11) is 1.93. The van der Waals surface area contributed by atoms with Crippen molar-refractivity contribution in [3.63, 3.8) is 0 Å². The van der Waals surface area contributed by atoms with E-state index in [0.717, 1.165) is 26.1 Å². The van der Waals surface area contributed by atoms with Crippen LogP contribution in [0.5, 0.6) is 0 Å². The van der Waals surface area contributed by atoms with Crippen LogP contribution >= 0.6 is 0 Å². The summed E-state index contributed by atoms with van der Waals surface area (Å²) in [6.45, 7) is 7.81. The molecule has 1 unspecified atom stereocenters. The van der Waals surface area contributed by atoms with Crippen molar-refractivity contribution in [2.45, 2.75) is 45.3 Å². The maximum atomic E-state index is 11.6. The van der Waals surface area contributed by atoms with Crippen molar-refractivity contribution >= 4 is 6.09 Å². The fourth-order valence-corrected chi connectivity index (χ4v) is 2.13. The molecule has 5 nitrogen and oxygen atoms in total. The van der Waals surface area contributed by atoms with Crippen molar-refractivity contribution in [3.05, 3.63) is 0 Å². The number of alkyl carbamates (subject to hydrolysis) is 1. The molecule has 0 aromatic rings. The minimum atomic E-state index is -0.447. The Balaban J connectivity index is 2.32. The van der Waals surface area contributed by atoms with Crippen molar-refractivity contribution in [2.75, 3.05) is 26.8 Å². The zero-order valence-electron chi connectivity index (χ0n) is 11.9. The molecule has 5 heteroatoms. The smallest absolute Gasteiger partial charge is 0.407 e. The lowest BCUT2D eigenvalue weighted by molar-refractivity contribution is 0.0455. The van der Waals surface area contributed by atoms with E-state index in [1.165, 1.54) is 0 Å². The van der Waals surface area contributed by atoms with E-state index in [-0.39, 0.29) is 12.1 Å². The Morgan fingerprint density at radius 2 is 2.00 bits per heavy atom. The molecule has 2 N–H and O–H groups in total. The van der Waals surface area contributed by atoms with Gasteiger partial charge in [0, 0.05) is 25.8 Å². The molecule has 1 aliphatic rings. The van der Waals surface area contributed by atoms with Crippen LogP contribution in [0.25, 0.3) is 0 Å². The van der Waals surface area contributed by atoms with Gasteiger partial charge in [0.1, 0.15) is 5.60 Å². The quantitative estimate of drug-likeness (QED) is 0.803. The number of hydrogen-bond donors (Lipinski definition) is 2. The van der Waals surface area contributed by atoms with E-state index < -0.39 is 5.60 Å². The second-order valence-corrected chi connectivity index (χ2v) is 5.73. The summed E-state index contributed by atoms with van der Waals surface area (Å²) < 4.78 is 10.6. The monoisotopic (exact) mass is 258 g/mol. The Hall–Kier alpha value is -0.810. The van der Waals surface area contributed by atoms with Gasteiger partial charge < -0.3 is 20.1 Å². The highest BCUT2D eigenvalue weighted by Gasteiger charge is 2.24. The average Bonchev–Trinajstić information content (AvgIpc) is 2.29. The fraction of sp³-hybridized carbons (Fsp3) is 0.923. The van der Waals surface area contributed by atoms with Crippen LogP contribution in [0.15, 0.2) is 0 Å².